The Morgan fingerprint density at radius 2 is 2.06 bits per heavy atom. The molecular weight excluding hydrogens is 216 g/mol. The first-order chi connectivity index (χ1) is 7.98. The lowest BCUT2D eigenvalue weighted by Crippen LogP contribution is -2.56. The zero-order chi connectivity index (χ0) is 12.9. The van der Waals surface area contributed by atoms with Gasteiger partial charge in [-0.15, -0.1) is 0 Å². The Bertz CT molecular complexity index is 252. The molecule has 0 heterocycles. The van der Waals surface area contributed by atoms with E-state index in [0.717, 1.165) is 12.5 Å². The van der Waals surface area contributed by atoms with E-state index in [1.165, 1.54) is 25.7 Å². The summed E-state index contributed by atoms with van der Waals surface area (Å²) >= 11 is 0. The molecule has 0 saturated heterocycles. The predicted molar refractivity (Wildman–Crippen MR) is 69.2 cm³/mol. The van der Waals surface area contributed by atoms with Crippen LogP contribution in [0, 0.1) is 5.92 Å². The minimum Gasteiger partial charge on any atom is -0.480 e. The lowest BCUT2D eigenvalue weighted by atomic mass is 10.0. The third-order valence-corrected chi connectivity index (χ3v) is 3.67. The van der Waals surface area contributed by atoms with Crippen molar-refractivity contribution >= 4 is 5.97 Å². The molecule has 1 rings (SSSR count). The highest BCUT2D eigenvalue weighted by Gasteiger charge is 2.33. The maximum atomic E-state index is 11.3. The average molecular weight is 242 g/mol. The van der Waals surface area contributed by atoms with Gasteiger partial charge in [-0.05, 0) is 39.3 Å². The second-order valence-corrected chi connectivity index (χ2v) is 5.51. The summed E-state index contributed by atoms with van der Waals surface area (Å²) in [5, 5.41) is 12.4. The molecule has 1 atom stereocenters. The quantitative estimate of drug-likeness (QED) is 0.711. The van der Waals surface area contributed by atoms with E-state index in [0.29, 0.717) is 13.1 Å². The van der Waals surface area contributed by atoms with Crippen LogP contribution in [0.1, 0.15) is 39.5 Å². The van der Waals surface area contributed by atoms with Gasteiger partial charge < -0.3 is 15.3 Å². The second-order valence-electron chi connectivity index (χ2n) is 5.51. The molecule has 1 unspecified atom stereocenters. The maximum Gasteiger partial charge on any atom is 0.324 e. The number of carbonyl (C=O) groups is 1. The highest BCUT2D eigenvalue weighted by Crippen LogP contribution is 2.25. The van der Waals surface area contributed by atoms with Crippen molar-refractivity contribution < 1.29 is 9.90 Å². The number of rotatable bonds is 7. The van der Waals surface area contributed by atoms with Gasteiger partial charge in [-0.2, -0.15) is 0 Å². The molecule has 2 N–H and O–H groups in total. The fourth-order valence-electron chi connectivity index (χ4n) is 2.83. The Morgan fingerprint density at radius 3 is 2.53 bits per heavy atom. The summed E-state index contributed by atoms with van der Waals surface area (Å²) in [5.41, 5.74) is -0.831. The minimum atomic E-state index is -0.831. The molecule has 0 spiro atoms. The van der Waals surface area contributed by atoms with Crippen molar-refractivity contribution in [3.05, 3.63) is 0 Å². The van der Waals surface area contributed by atoms with Gasteiger partial charge in [0, 0.05) is 13.1 Å². The largest absolute Gasteiger partial charge is 0.480 e. The lowest BCUT2D eigenvalue weighted by molar-refractivity contribution is -0.144. The van der Waals surface area contributed by atoms with Gasteiger partial charge in [-0.1, -0.05) is 19.8 Å². The Morgan fingerprint density at radius 1 is 1.47 bits per heavy atom. The summed E-state index contributed by atoms with van der Waals surface area (Å²) in [4.78, 5) is 13.5. The number of hydrogen-bond donors (Lipinski definition) is 2. The first-order valence-electron chi connectivity index (χ1n) is 6.65. The number of likely N-dealkylation sites (N-methyl/N-ethyl adjacent to an activating group) is 2. The lowest BCUT2D eigenvalue weighted by Gasteiger charge is -2.32. The first-order valence-corrected chi connectivity index (χ1v) is 6.65. The summed E-state index contributed by atoms with van der Waals surface area (Å²) in [5.74, 6) is -0.00251. The van der Waals surface area contributed by atoms with Crippen LogP contribution < -0.4 is 5.32 Å². The van der Waals surface area contributed by atoms with Crippen LogP contribution in [0.25, 0.3) is 0 Å². The van der Waals surface area contributed by atoms with Crippen LogP contribution in [-0.4, -0.2) is 48.2 Å². The van der Waals surface area contributed by atoms with Crippen molar-refractivity contribution in [2.75, 3.05) is 26.7 Å². The molecule has 0 bridgehead atoms. The van der Waals surface area contributed by atoms with Crippen LogP contribution in [-0.2, 0) is 4.79 Å². The summed E-state index contributed by atoms with van der Waals surface area (Å²) in [6, 6.07) is 0. The van der Waals surface area contributed by atoms with Crippen LogP contribution in [0.3, 0.4) is 0 Å². The number of carboxylic acids is 1. The Hall–Kier alpha value is -0.610. The van der Waals surface area contributed by atoms with E-state index in [1.54, 1.807) is 6.92 Å². The number of nitrogens with zero attached hydrogens (tertiary/aromatic N) is 1. The molecule has 0 aromatic heterocycles. The summed E-state index contributed by atoms with van der Waals surface area (Å²) in [6.07, 6.45) is 5.27. The molecule has 0 radical (unpaired) electrons. The highest BCUT2D eigenvalue weighted by atomic mass is 16.4. The van der Waals surface area contributed by atoms with E-state index in [1.807, 2.05) is 14.0 Å². The molecule has 100 valence electrons. The SMILES string of the molecule is CCNC(C)(CN(C)CC1CCCC1)C(=O)O. The Labute approximate surface area is 104 Å². The predicted octanol–water partition coefficient (Wildman–Crippen LogP) is 1.56. The molecule has 1 fully saturated rings. The summed E-state index contributed by atoms with van der Waals surface area (Å²) in [7, 11) is 2.02. The van der Waals surface area contributed by atoms with Crippen LogP contribution in [0.5, 0.6) is 0 Å². The van der Waals surface area contributed by atoms with Crippen molar-refractivity contribution in [3.8, 4) is 0 Å². The van der Waals surface area contributed by atoms with Gasteiger partial charge in [0.15, 0.2) is 0 Å². The van der Waals surface area contributed by atoms with Crippen LogP contribution >= 0.6 is 0 Å². The molecule has 1 aliphatic carbocycles. The van der Waals surface area contributed by atoms with E-state index >= 15 is 0 Å². The molecular formula is C13H26N2O2. The van der Waals surface area contributed by atoms with Crippen molar-refractivity contribution in [1.29, 1.82) is 0 Å². The number of aliphatic carboxylic acids is 1. The molecule has 1 aliphatic rings. The van der Waals surface area contributed by atoms with E-state index in [9.17, 15) is 9.90 Å². The fourth-order valence-corrected chi connectivity index (χ4v) is 2.83. The van der Waals surface area contributed by atoms with Gasteiger partial charge >= 0.3 is 5.97 Å². The third-order valence-electron chi connectivity index (χ3n) is 3.67. The monoisotopic (exact) mass is 242 g/mol. The Kier molecular flexibility index (Phi) is 5.40. The second kappa shape index (κ2) is 6.36. The van der Waals surface area contributed by atoms with Crippen molar-refractivity contribution in [3.63, 3.8) is 0 Å². The summed E-state index contributed by atoms with van der Waals surface area (Å²) < 4.78 is 0. The van der Waals surface area contributed by atoms with Crippen molar-refractivity contribution in [2.24, 2.45) is 5.92 Å². The van der Waals surface area contributed by atoms with Crippen molar-refractivity contribution in [1.82, 2.24) is 10.2 Å². The summed E-state index contributed by atoms with van der Waals surface area (Å²) in [6.45, 7) is 5.98. The standard InChI is InChI=1S/C13H26N2O2/c1-4-14-13(2,12(16)17)10-15(3)9-11-7-5-6-8-11/h11,14H,4-10H2,1-3H3,(H,16,17). The van der Waals surface area contributed by atoms with E-state index in [-0.39, 0.29) is 0 Å². The third kappa shape index (κ3) is 4.28. The molecule has 0 aliphatic heterocycles. The maximum absolute atomic E-state index is 11.3. The van der Waals surface area contributed by atoms with E-state index in [4.69, 9.17) is 0 Å². The van der Waals surface area contributed by atoms with Gasteiger partial charge in [0.2, 0.25) is 0 Å². The smallest absolute Gasteiger partial charge is 0.324 e. The minimum absolute atomic E-state index is 0.562. The van der Waals surface area contributed by atoms with E-state index in [2.05, 4.69) is 10.2 Å². The molecule has 4 nitrogen and oxygen atoms in total. The molecule has 0 amide bonds. The number of nitrogens with one attached hydrogen (secondary N) is 1. The fraction of sp³-hybridized carbons (Fsp3) is 0.923. The van der Waals surface area contributed by atoms with Crippen LogP contribution in [0.2, 0.25) is 0 Å². The molecule has 0 aromatic carbocycles. The number of hydrogen-bond acceptors (Lipinski definition) is 3. The first kappa shape index (κ1) is 14.5. The van der Waals surface area contributed by atoms with Gasteiger partial charge in [0.05, 0.1) is 0 Å². The highest BCUT2D eigenvalue weighted by molar-refractivity contribution is 5.78. The van der Waals surface area contributed by atoms with Crippen molar-refractivity contribution in [2.45, 2.75) is 45.1 Å². The topological polar surface area (TPSA) is 52.6 Å². The van der Waals surface area contributed by atoms with Crippen LogP contribution in [0.15, 0.2) is 0 Å². The Balaban J connectivity index is 2.45. The average Bonchev–Trinajstić information content (AvgIpc) is 2.70. The molecule has 1 saturated carbocycles. The molecule has 4 heteroatoms. The van der Waals surface area contributed by atoms with Gasteiger partial charge in [-0.25, -0.2) is 0 Å². The zero-order valence-corrected chi connectivity index (χ0v) is 11.3. The normalized spacial score (nSPS) is 20.7. The van der Waals surface area contributed by atoms with Gasteiger partial charge in [0.25, 0.3) is 0 Å². The van der Waals surface area contributed by atoms with E-state index < -0.39 is 11.5 Å². The van der Waals surface area contributed by atoms with Gasteiger partial charge in [-0.3, -0.25) is 4.79 Å². The van der Waals surface area contributed by atoms with Gasteiger partial charge in [0.1, 0.15) is 5.54 Å². The zero-order valence-electron chi connectivity index (χ0n) is 11.3. The number of carboxylic acid groups (broad SMARTS) is 1. The molecule has 17 heavy (non-hydrogen) atoms. The van der Waals surface area contributed by atoms with Crippen LogP contribution in [0.4, 0.5) is 0 Å². The molecule has 0 aromatic rings.